The molecule has 0 atom stereocenters. The Labute approximate surface area is 149 Å². The number of benzene rings is 1. The number of carbonyl (C=O) groups is 2. The third kappa shape index (κ3) is 4.81. The van der Waals surface area contributed by atoms with Gasteiger partial charge in [0.15, 0.2) is 9.84 Å². The Kier molecular flexibility index (Phi) is 5.56. The number of carbonyl (C=O) groups excluding carboxylic acids is 2. The van der Waals surface area contributed by atoms with Crippen molar-refractivity contribution < 1.29 is 18.0 Å². The summed E-state index contributed by atoms with van der Waals surface area (Å²) in [5, 5.41) is 2.76. The molecule has 138 valence electrons. The molecule has 7 heteroatoms. The molecule has 0 spiro atoms. The van der Waals surface area contributed by atoms with E-state index in [0.717, 1.165) is 11.3 Å². The average molecular weight is 366 g/mol. The van der Waals surface area contributed by atoms with Crippen molar-refractivity contribution in [1.82, 2.24) is 5.32 Å². The highest BCUT2D eigenvalue weighted by Crippen LogP contribution is 2.31. The molecule has 1 aromatic rings. The highest BCUT2D eigenvalue weighted by Gasteiger charge is 2.26. The van der Waals surface area contributed by atoms with E-state index in [-0.39, 0.29) is 34.4 Å². The predicted octanol–water partition coefficient (Wildman–Crippen LogP) is 2.06. The first-order valence-electron chi connectivity index (χ1n) is 8.50. The fraction of sp³-hybridized carbons (Fsp3) is 0.556. The summed E-state index contributed by atoms with van der Waals surface area (Å²) in [7, 11) is -3.54. The second-order valence-electron chi connectivity index (χ2n) is 7.31. The molecule has 1 N–H and O–H groups in total. The molecule has 6 nitrogen and oxygen atoms in total. The first kappa shape index (κ1) is 19.4. The molecule has 0 saturated heterocycles. The predicted molar refractivity (Wildman–Crippen MR) is 97.4 cm³/mol. The van der Waals surface area contributed by atoms with Gasteiger partial charge in [-0.3, -0.25) is 9.59 Å². The van der Waals surface area contributed by atoms with Crippen LogP contribution in [0.15, 0.2) is 23.1 Å². The Morgan fingerprint density at radius 2 is 1.92 bits per heavy atom. The third-order valence-electron chi connectivity index (χ3n) is 4.02. The van der Waals surface area contributed by atoms with Crippen LogP contribution in [0, 0.1) is 0 Å². The Morgan fingerprint density at radius 1 is 1.24 bits per heavy atom. The molecule has 2 rings (SSSR count). The topological polar surface area (TPSA) is 83.6 Å². The number of amides is 2. The molecule has 0 aliphatic carbocycles. The lowest BCUT2D eigenvalue weighted by Crippen LogP contribution is -2.41. The molecule has 2 amide bonds. The van der Waals surface area contributed by atoms with Crippen LogP contribution in [0.5, 0.6) is 0 Å². The summed E-state index contributed by atoms with van der Waals surface area (Å²) in [6.45, 7) is 7.94. The van der Waals surface area contributed by atoms with Crippen molar-refractivity contribution >= 4 is 27.3 Å². The SMILES string of the molecule is CCC(=O)N1CCc2cc(S(=O)(=O)CCC(=O)NC(C)(C)C)ccc21. The van der Waals surface area contributed by atoms with Gasteiger partial charge in [0.05, 0.1) is 10.6 Å². The van der Waals surface area contributed by atoms with Crippen LogP contribution < -0.4 is 10.2 Å². The van der Waals surface area contributed by atoms with Crippen LogP contribution >= 0.6 is 0 Å². The fourth-order valence-electron chi connectivity index (χ4n) is 2.85. The summed E-state index contributed by atoms with van der Waals surface area (Å²) in [6.07, 6.45) is 0.994. The van der Waals surface area contributed by atoms with Crippen LogP contribution in [0.25, 0.3) is 0 Å². The van der Waals surface area contributed by atoms with Gasteiger partial charge >= 0.3 is 0 Å². The van der Waals surface area contributed by atoms with Crippen LogP contribution in [0.1, 0.15) is 46.1 Å². The van der Waals surface area contributed by atoms with Gasteiger partial charge in [-0.2, -0.15) is 0 Å². The average Bonchev–Trinajstić information content (AvgIpc) is 2.94. The van der Waals surface area contributed by atoms with Gasteiger partial charge in [-0.25, -0.2) is 8.42 Å². The van der Waals surface area contributed by atoms with Crippen molar-refractivity contribution in [3.8, 4) is 0 Å². The first-order chi connectivity index (χ1) is 11.5. The molecule has 1 heterocycles. The van der Waals surface area contributed by atoms with E-state index in [4.69, 9.17) is 0 Å². The van der Waals surface area contributed by atoms with Gasteiger partial charge in [0.2, 0.25) is 11.8 Å². The molecule has 0 unspecified atom stereocenters. The van der Waals surface area contributed by atoms with Gasteiger partial charge in [0, 0.05) is 30.6 Å². The van der Waals surface area contributed by atoms with Crippen LogP contribution in [-0.2, 0) is 25.8 Å². The van der Waals surface area contributed by atoms with Crippen LogP contribution in [-0.4, -0.2) is 38.1 Å². The summed E-state index contributed by atoms with van der Waals surface area (Å²) < 4.78 is 25.0. The maximum absolute atomic E-state index is 12.5. The molecule has 25 heavy (non-hydrogen) atoms. The van der Waals surface area contributed by atoms with Gasteiger partial charge in [-0.05, 0) is 51.0 Å². The lowest BCUT2D eigenvalue weighted by Gasteiger charge is -2.20. The van der Waals surface area contributed by atoms with Gasteiger partial charge in [-0.1, -0.05) is 6.92 Å². The molecule has 1 aliphatic heterocycles. The maximum Gasteiger partial charge on any atom is 0.226 e. The van der Waals surface area contributed by atoms with Gasteiger partial charge in [0.25, 0.3) is 0 Å². The van der Waals surface area contributed by atoms with Crippen LogP contribution in [0.4, 0.5) is 5.69 Å². The highest BCUT2D eigenvalue weighted by molar-refractivity contribution is 7.91. The van der Waals surface area contributed by atoms with Crippen molar-refractivity contribution in [1.29, 1.82) is 0 Å². The molecule has 1 aliphatic rings. The molecule has 0 bridgehead atoms. The van der Waals surface area contributed by atoms with Crippen molar-refractivity contribution in [2.24, 2.45) is 0 Å². The minimum Gasteiger partial charge on any atom is -0.351 e. The Balaban J connectivity index is 2.11. The Hall–Kier alpha value is -1.89. The van der Waals surface area contributed by atoms with E-state index in [9.17, 15) is 18.0 Å². The lowest BCUT2D eigenvalue weighted by atomic mass is 10.1. The summed E-state index contributed by atoms with van der Waals surface area (Å²) in [4.78, 5) is 25.7. The van der Waals surface area contributed by atoms with E-state index in [1.165, 1.54) is 6.07 Å². The van der Waals surface area contributed by atoms with Crippen molar-refractivity contribution in [3.63, 3.8) is 0 Å². The summed E-state index contributed by atoms with van der Waals surface area (Å²) in [5.41, 5.74) is 1.27. The van der Waals surface area contributed by atoms with Crippen LogP contribution in [0.3, 0.4) is 0 Å². The zero-order valence-corrected chi connectivity index (χ0v) is 16.1. The number of hydrogen-bond acceptors (Lipinski definition) is 4. The molecule has 0 fully saturated rings. The number of nitrogens with zero attached hydrogens (tertiary/aromatic N) is 1. The van der Waals surface area contributed by atoms with E-state index in [1.54, 1.807) is 17.0 Å². The van der Waals surface area contributed by atoms with Crippen LogP contribution in [0.2, 0.25) is 0 Å². The monoisotopic (exact) mass is 366 g/mol. The first-order valence-corrected chi connectivity index (χ1v) is 10.2. The number of nitrogens with one attached hydrogen (secondary N) is 1. The zero-order chi connectivity index (χ0) is 18.8. The van der Waals surface area contributed by atoms with E-state index >= 15 is 0 Å². The van der Waals surface area contributed by atoms with Gasteiger partial charge in [0.1, 0.15) is 0 Å². The molecule has 1 aromatic carbocycles. The smallest absolute Gasteiger partial charge is 0.226 e. The normalized spacial score (nSPS) is 14.3. The standard InChI is InChI=1S/C18H26N2O4S/c1-5-17(22)20-10-8-13-12-14(6-7-15(13)20)25(23,24)11-9-16(21)19-18(2,3)4/h6-7,12H,5,8-11H2,1-4H3,(H,19,21). The lowest BCUT2D eigenvalue weighted by molar-refractivity contribution is -0.122. The fourth-order valence-corrected chi connectivity index (χ4v) is 4.13. The maximum atomic E-state index is 12.5. The summed E-state index contributed by atoms with van der Waals surface area (Å²) >= 11 is 0. The number of sulfone groups is 1. The zero-order valence-electron chi connectivity index (χ0n) is 15.3. The minimum atomic E-state index is -3.54. The second kappa shape index (κ2) is 7.15. The minimum absolute atomic E-state index is 0.0354. The number of anilines is 1. The molecule has 0 aromatic heterocycles. The van der Waals surface area contributed by atoms with Gasteiger partial charge < -0.3 is 10.2 Å². The van der Waals surface area contributed by atoms with E-state index in [2.05, 4.69) is 5.32 Å². The summed E-state index contributed by atoms with van der Waals surface area (Å²) in [6, 6.07) is 4.85. The van der Waals surface area contributed by atoms with E-state index in [0.29, 0.717) is 19.4 Å². The molecule has 0 saturated carbocycles. The highest BCUT2D eigenvalue weighted by atomic mass is 32.2. The Morgan fingerprint density at radius 3 is 2.52 bits per heavy atom. The number of hydrogen-bond donors (Lipinski definition) is 1. The van der Waals surface area contributed by atoms with Crippen molar-refractivity contribution in [2.45, 2.75) is 57.4 Å². The molecule has 0 radical (unpaired) electrons. The third-order valence-corrected chi connectivity index (χ3v) is 5.74. The van der Waals surface area contributed by atoms with E-state index in [1.807, 2.05) is 27.7 Å². The number of fused-ring (bicyclic) bond motifs is 1. The van der Waals surface area contributed by atoms with E-state index < -0.39 is 9.84 Å². The van der Waals surface area contributed by atoms with Gasteiger partial charge in [-0.15, -0.1) is 0 Å². The van der Waals surface area contributed by atoms with Crippen molar-refractivity contribution in [2.75, 3.05) is 17.2 Å². The Bertz CT molecular complexity index is 779. The largest absolute Gasteiger partial charge is 0.351 e. The second-order valence-corrected chi connectivity index (χ2v) is 9.42. The molecular weight excluding hydrogens is 340 g/mol. The van der Waals surface area contributed by atoms with Crippen molar-refractivity contribution in [3.05, 3.63) is 23.8 Å². The quantitative estimate of drug-likeness (QED) is 0.865. The number of rotatable bonds is 5. The summed E-state index contributed by atoms with van der Waals surface area (Å²) in [5.74, 6) is -0.476. The molecular formula is C18H26N2O4S.